The van der Waals surface area contributed by atoms with Crippen LogP contribution >= 0.6 is 27.3 Å². The van der Waals surface area contributed by atoms with Crippen LogP contribution in [0.5, 0.6) is 0 Å². The molecule has 0 radical (unpaired) electrons. The number of alkyl halides is 3. The highest BCUT2D eigenvalue weighted by molar-refractivity contribution is 9.11. The Morgan fingerprint density at radius 3 is 2.60 bits per heavy atom. The molecule has 1 aromatic heterocycles. The number of hydrogen-bond acceptors (Lipinski definition) is 4. The van der Waals surface area contributed by atoms with Gasteiger partial charge in [0.1, 0.15) is 4.90 Å². The zero-order chi connectivity index (χ0) is 15.4. The van der Waals surface area contributed by atoms with Crippen molar-refractivity contribution in [3.8, 4) is 0 Å². The van der Waals surface area contributed by atoms with Crippen molar-refractivity contribution in [2.45, 2.75) is 31.0 Å². The van der Waals surface area contributed by atoms with Crippen LogP contribution in [0, 0.1) is 0 Å². The van der Waals surface area contributed by atoms with Crippen LogP contribution in [0.4, 0.5) is 13.2 Å². The van der Waals surface area contributed by atoms with E-state index in [9.17, 15) is 21.6 Å². The highest BCUT2D eigenvalue weighted by Crippen LogP contribution is 2.31. The molecule has 0 amide bonds. The Morgan fingerprint density at radius 1 is 1.40 bits per heavy atom. The van der Waals surface area contributed by atoms with Gasteiger partial charge in [-0.2, -0.15) is 13.2 Å². The molecule has 0 fully saturated rings. The fourth-order valence-electron chi connectivity index (χ4n) is 1.32. The first-order valence-electron chi connectivity index (χ1n) is 5.71. The summed E-state index contributed by atoms with van der Waals surface area (Å²) in [6.07, 6.45) is -5.58. The largest absolute Gasteiger partial charge is 0.390 e. The molecule has 1 aromatic rings. The van der Waals surface area contributed by atoms with Gasteiger partial charge >= 0.3 is 6.18 Å². The van der Waals surface area contributed by atoms with Crippen molar-refractivity contribution in [2.75, 3.05) is 13.1 Å². The van der Waals surface area contributed by atoms with Crippen LogP contribution in [0.15, 0.2) is 14.7 Å². The smallest absolute Gasteiger partial charge is 0.312 e. The molecule has 1 rings (SSSR count). The van der Waals surface area contributed by atoms with Crippen LogP contribution in [0.2, 0.25) is 0 Å². The minimum Gasteiger partial charge on any atom is -0.312 e. The lowest BCUT2D eigenvalue weighted by molar-refractivity contribution is -0.132. The van der Waals surface area contributed by atoms with Gasteiger partial charge in [-0.25, -0.2) is 13.1 Å². The lowest BCUT2D eigenvalue weighted by atomic mass is 10.4. The molecule has 0 aliphatic rings. The first kappa shape index (κ1) is 17.9. The van der Waals surface area contributed by atoms with Crippen LogP contribution in [-0.2, 0) is 16.6 Å². The third-order valence-corrected chi connectivity index (χ3v) is 5.96. The van der Waals surface area contributed by atoms with E-state index in [1.54, 1.807) is 0 Å². The van der Waals surface area contributed by atoms with Gasteiger partial charge < -0.3 is 5.32 Å². The molecule has 1 heterocycles. The molecule has 2 N–H and O–H groups in total. The average Bonchev–Trinajstić information content (AvgIpc) is 2.66. The van der Waals surface area contributed by atoms with Gasteiger partial charge in [-0.1, -0.05) is 6.92 Å². The molecule has 0 unspecified atom stereocenters. The molecule has 0 aliphatic heterocycles. The number of thiophene rings is 1. The second-order valence-corrected chi connectivity index (χ2v) is 8.08. The summed E-state index contributed by atoms with van der Waals surface area (Å²) >= 11 is 4.36. The fraction of sp³-hybridized carbons (Fsp3) is 0.600. The molecule has 0 aliphatic carbocycles. The predicted molar refractivity (Wildman–Crippen MR) is 75.3 cm³/mol. The van der Waals surface area contributed by atoms with Gasteiger partial charge in [0.15, 0.2) is 0 Å². The summed E-state index contributed by atoms with van der Waals surface area (Å²) in [5.41, 5.74) is 0. The Morgan fingerprint density at radius 2 is 2.05 bits per heavy atom. The minimum atomic E-state index is -4.38. The van der Waals surface area contributed by atoms with Crippen molar-refractivity contribution >= 4 is 37.3 Å². The summed E-state index contributed by atoms with van der Waals surface area (Å²) in [5.74, 6) is 0. The number of sulfonamides is 1. The molecule has 116 valence electrons. The van der Waals surface area contributed by atoms with Gasteiger partial charge in [-0.3, -0.25) is 0 Å². The summed E-state index contributed by atoms with van der Waals surface area (Å²) in [7, 11) is -3.93. The molecule has 0 spiro atoms. The van der Waals surface area contributed by atoms with E-state index < -0.39 is 29.2 Å². The van der Waals surface area contributed by atoms with Crippen LogP contribution in [0.3, 0.4) is 0 Å². The summed E-state index contributed by atoms with van der Waals surface area (Å²) < 4.78 is 62.2. The van der Waals surface area contributed by atoms with E-state index in [1.165, 1.54) is 17.4 Å². The number of halogens is 4. The third-order valence-electron chi connectivity index (χ3n) is 2.25. The Hall–Kier alpha value is -0.160. The molecule has 0 atom stereocenters. The Labute approximate surface area is 127 Å². The predicted octanol–water partition coefficient (Wildman–Crippen LogP) is 2.85. The molecule has 0 saturated carbocycles. The Kier molecular flexibility index (Phi) is 6.45. The quantitative estimate of drug-likeness (QED) is 0.747. The minimum absolute atomic E-state index is 0.0300. The lowest BCUT2D eigenvalue weighted by Gasteiger charge is -2.08. The Balaban J connectivity index is 2.74. The van der Waals surface area contributed by atoms with Crippen LogP contribution in [-0.4, -0.2) is 27.7 Å². The second-order valence-electron chi connectivity index (χ2n) is 3.89. The second kappa shape index (κ2) is 7.21. The van der Waals surface area contributed by atoms with Gasteiger partial charge in [0, 0.05) is 18.0 Å². The molecule has 4 nitrogen and oxygen atoms in total. The summed E-state index contributed by atoms with van der Waals surface area (Å²) in [6.45, 7) is 2.49. The normalized spacial score (nSPS) is 12.8. The SMILES string of the molecule is CCNCc1cc(S(=O)(=O)NCCC(F)(F)F)c(Br)s1. The van der Waals surface area contributed by atoms with Crippen LogP contribution < -0.4 is 10.0 Å². The Bertz CT molecular complexity index is 543. The van der Waals surface area contributed by atoms with Crippen LogP contribution in [0.25, 0.3) is 0 Å². The highest BCUT2D eigenvalue weighted by Gasteiger charge is 2.28. The van der Waals surface area contributed by atoms with E-state index in [1.807, 2.05) is 11.6 Å². The molecule has 20 heavy (non-hydrogen) atoms. The van der Waals surface area contributed by atoms with Crippen molar-refractivity contribution < 1.29 is 21.6 Å². The molecular weight excluding hydrogens is 381 g/mol. The summed E-state index contributed by atoms with van der Waals surface area (Å²) in [4.78, 5) is 0.757. The van der Waals surface area contributed by atoms with E-state index in [-0.39, 0.29) is 4.90 Å². The number of nitrogens with one attached hydrogen (secondary N) is 2. The van der Waals surface area contributed by atoms with Crippen molar-refractivity contribution in [3.05, 3.63) is 14.7 Å². The molecule has 10 heteroatoms. The van der Waals surface area contributed by atoms with E-state index in [0.29, 0.717) is 10.3 Å². The van der Waals surface area contributed by atoms with E-state index in [2.05, 4.69) is 21.2 Å². The van der Waals surface area contributed by atoms with Crippen molar-refractivity contribution in [3.63, 3.8) is 0 Å². The molecular formula is C10H14BrF3N2O2S2. The molecule has 0 aromatic carbocycles. The fourth-order valence-corrected chi connectivity index (χ4v) is 5.00. The molecule has 0 bridgehead atoms. The topological polar surface area (TPSA) is 58.2 Å². The van der Waals surface area contributed by atoms with E-state index in [0.717, 1.165) is 11.4 Å². The first-order valence-corrected chi connectivity index (χ1v) is 8.80. The highest BCUT2D eigenvalue weighted by atomic mass is 79.9. The monoisotopic (exact) mass is 394 g/mol. The van der Waals surface area contributed by atoms with E-state index >= 15 is 0 Å². The van der Waals surface area contributed by atoms with Crippen molar-refractivity contribution in [1.82, 2.24) is 10.0 Å². The lowest BCUT2D eigenvalue weighted by Crippen LogP contribution is -2.28. The van der Waals surface area contributed by atoms with Gasteiger partial charge in [0.25, 0.3) is 0 Å². The first-order chi connectivity index (χ1) is 9.15. The average molecular weight is 395 g/mol. The van der Waals surface area contributed by atoms with Gasteiger partial charge in [-0.05, 0) is 28.5 Å². The zero-order valence-electron chi connectivity index (χ0n) is 10.6. The van der Waals surface area contributed by atoms with Crippen LogP contribution in [0.1, 0.15) is 18.2 Å². The van der Waals surface area contributed by atoms with Crippen molar-refractivity contribution in [1.29, 1.82) is 0 Å². The number of hydrogen-bond donors (Lipinski definition) is 2. The number of rotatable bonds is 7. The zero-order valence-corrected chi connectivity index (χ0v) is 13.8. The van der Waals surface area contributed by atoms with Crippen molar-refractivity contribution in [2.24, 2.45) is 0 Å². The summed E-state index contributed by atoms with van der Waals surface area (Å²) in [5, 5.41) is 3.05. The maximum atomic E-state index is 12.0. The maximum absolute atomic E-state index is 12.0. The van der Waals surface area contributed by atoms with Gasteiger partial charge in [0.2, 0.25) is 10.0 Å². The third kappa shape index (κ3) is 5.68. The van der Waals surface area contributed by atoms with Gasteiger partial charge in [-0.15, -0.1) is 11.3 Å². The molecule has 0 saturated heterocycles. The van der Waals surface area contributed by atoms with Gasteiger partial charge in [0.05, 0.1) is 10.2 Å². The maximum Gasteiger partial charge on any atom is 0.390 e. The summed E-state index contributed by atoms with van der Waals surface area (Å²) in [6, 6.07) is 1.45. The van der Waals surface area contributed by atoms with E-state index in [4.69, 9.17) is 0 Å². The standard InChI is InChI=1S/C10H14BrF3N2O2S2/c1-2-15-6-7-5-8(9(11)19-7)20(17,18)16-4-3-10(12,13)14/h5,15-16H,2-4,6H2,1H3.